The van der Waals surface area contributed by atoms with Gasteiger partial charge in [0.2, 0.25) is 11.8 Å². The zero-order valence-electron chi connectivity index (χ0n) is 18.5. The van der Waals surface area contributed by atoms with Gasteiger partial charge in [0, 0.05) is 12.2 Å². The first kappa shape index (κ1) is 20.3. The lowest BCUT2D eigenvalue weighted by Gasteiger charge is -2.34. The van der Waals surface area contributed by atoms with Crippen LogP contribution in [0, 0.1) is 13.8 Å². The Bertz CT molecular complexity index is 1190. The predicted octanol–water partition coefficient (Wildman–Crippen LogP) is 3.19. The van der Waals surface area contributed by atoms with Gasteiger partial charge < -0.3 is 14.5 Å². The van der Waals surface area contributed by atoms with Crippen molar-refractivity contribution in [3.05, 3.63) is 66.0 Å². The number of ether oxygens (including phenoxy) is 1. The molecule has 0 spiro atoms. The van der Waals surface area contributed by atoms with Crippen molar-refractivity contribution in [2.75, 3.05) is 18.6 Å². The number of benzene rings is 2. The standard InChI is InChI=1S/C25H26N4O3/c1-16-11-17(2)28(26-16)15-24(30)27-14-20-13-22(27)25(31)29(20)21-12-19(9-10-23(21)32-3)18-7-5-4-6-8-18/h4-12,20,22H,13-15H2,1-3H3/t20-,22-/m0/s1. The number of aryl methyl sites for hydroxylation is 2. The Kier molecular flexibility index (Phi) is 4.96. The lowest BCUT2D eigenvalue weighted by atomic mass is 10.0. The Morgan fingerprint density at radius 3 is 2.53 bits per heavy atom. The van der Waals surface area contributed by atoms with Gasteiger partial charge in [-0.3, -0.25) is 14.3 Å². The van der Waals surface area contributed by atoms with Gasteiger partial charge in [-0.25, -0.2) is 0 Å². The number of fused-ring (bicyclic) bond motifs is 2. The molecule has 2 fully saturated rings. The molecule has 0 saturated carbocycles. The molecule has 0 N–H and O–H groups in total. The minimum atomic E-state index is -0.436. The van der Waals surface area contributed by atoms with Gasteiger partial charge in [0.25, 0.3) is 0 Å². The molecule has 164 valence electrons. The van der Waals surface area contributed by atoms with Crippen molar-refractivity contribution in [1.82, 2.24) is 14.7 Å². The minimum Gasteiger partial charge on any atom is -0.495 e. The van der Waals surface area contributed by atoms with Crippen LogP contribution < -0.4 is 9.64 Å². The highest BCUT2D eigenvalue weighted by molar-refractivity contribution is 6.05. The molecule has 5 rings (SSSR count). The third-order valence-corrected chi connectivity index (χ3v) is 6.42. The monoisotopic (exact) mass is 430 g/mol. The Hall–Kier alpha value is -3.61. The molecule has 32 heavy (non-hydrogen) atoms. The molecule has 2 aliphatic rings. The van der Waals surface area contributed by atoms with Crippen LogP contribution in [0.25, 0.3) is 11.1 Å². The van der Waals surface area contributed by atoms with Crippen molar-refractivity contribution in [1.29, 1.82) is 0 Å². The van der Waals surface area contributed by atoms with E-state index in [1.807, 2.05) is 73.3 Å². The summed E-state index contributed by atoms with van der Waals surface area (Å²) in [7, 11) is 1.62. The van der Waals surface area contributed by atoms with Gasteiger partial charge in [-0.05, 0) is 49.6 Å². The number of hydrogen-bond donors (Lipinski definition) is 0. The second-order valence-corrected chi connectivity index (χ2v) is 8.50. The van der Waals surface area contributed by atoms with E-state index in [-0.39, 0.29) is 24.4 Å². The fourth-order valence-corrected chi connectivity index (χ4v) is 4.91. The van der Waals surface area contributed by atoms with Gasteiger partial charge in [-0.15, -0.1) is 0 Å². The molecule has 3 heterocycles. The van der Waals surface area contributed by atoms with Gasteiger partial charge in [0.15, 0.2) is 0 Å². The van der Waals surface area contributed by atoms with Crippen molar-refractivity contribution >= 4 is 17.5 Å². The maximum atomic E-state index is 13.4. The number of likely N-dealkylation sites (tertiary alicyclic amines) is 1. The van der Waals surface area contributed by atoms with Gasteiger partial charge in [0.05, 0.1) is 24.5 Å². The Morgan fingerprint density at radius 2 is 1.88 bits per heavy atom. The fraction of sp³-hybridized carbons (Fsp3) is 0.320. The highest BCUT2D eigenvalue weighted by Gasteiger charge is 2.52. The number of methoxy groups -OCH3 is 1. The molecular weight excluding hydrogens is 404 g/mol. The molecule has 2 saturated heterocycles. The second kappa shape index (κ2) is 7.82. The largest absolute Gasteiger partial charge is 0.495 e. The molecule has 0 radical (unpaired) electrons. The fourth-order valence-electron chi connectivity index (χ4n) is 4.91. The number of piperazine rings is 1. The molecule has 0 aliphatic carbocycles. The number of carbonyl (C=O) groups excluding carboxylic acids is 2. The van der Waals surface area contributed by atoms with Crippen LogP contribution in [-0.4, -0.2) is 52.2 Å². The Labute approximate surface area is 187 Å². The molecule has 2 aliphatic heterocycles. The van der Waals surface area contributed by atoms with E-state index in [9.17, 15) is 9.59 Å². The summed E-state index contributed by atoms with van der Waals surface area (Å²) < 4.78 is 7.29. The molecule has 2 atom stereocenters. The van der Waals surface area contributed by atoms with Crippen molar-refractivity contribution in [2.24, 2.45) is 0 Å². The maximum Gasteiger partial charge on any atom is 0.250 e. The first-order chi connectivity index (χ1) is 15.5. The first-order valence-electron chi connectivity index (χ1n) is 10.8. The average Bonchev–Trinajstić information content (AvgIpc) is 3.46. The van der Waals surface area contributed by atoms with Gasteiger partial charge in [0.1, 0.15) is 18.3 Å². The topological polar surface area (TPSA) is 67.7 Å². The molecule has 7 nitrogen and oxygen atoms in total. The highest BCUT2D eigenvalue weighted by atomic mass is 16.5. The summed E-state index contributed by atoms with van der Waals surface area (Å²) in [5, 5.41) is 4.38. The van der Waals surface area contributed by atoms with Crippen molar-refractivity contribution < 1.29 is 14.3 Å². The summed E-state index contributed by atoms with van der Waals surface area (Å²) in [6, 6.07) is 17.4. The van der Waals surface area contributed by atoms with Crippen LogP contribution in [0.1, 0.15) is 17.8 Å². The molecule has 2 aromatic carbocycles. The summed E-state index contributed by atoms with van der Waals surface area (Å²) in [5.74, 6) is 0.541. The van der Waals surface area contributed by atoms with E-state index in [1.54, 1.807) is 16.7 Å². The summed E-state index contributed by atoms with van der Waals surface area (Å²) in [4.78, 5) is 29.9. The molecular formula is C25H26N4O3. The lowest BCUT2D eigenvalue weighted by molar-refractivity contribution is -0.139. The number of rotatable bonds is 5. The molecule has 7 heteroatoms. The highest BCUT2D eigenvalue weighted by Crippen LogP contribution is 2.41. The van der Waals surface area contributed by atoms with Crippen molar-refractivity contribution in [2.45, 2.75) is 38.9 Å². The summed E-state index contributed by atoms with van der Waals surface area (Å²) in [6.07, 6.45) is 0.639. The van der Waals surface area contributed by atoms with E-state index < -0.39 is 6.04 Å². The van der Waals surface area contributed by atoms with Crippen LogP contribution in [0.3, 0.4) is 0 Å². The molecule has 3 aromatic rings. The Morgan fingerprint density at radius 1 is 1.09 bits per heavy atom. The second-order valence-electron chi connectivity index (χ2n) is 8.50. The summed E-state index contributed by atoms with van der Waals surface area (Å²) in [6.45, 7) is 4.52. The molecule has 1 aromatic heterocycles. The number of nitrogens with zero attached hydrogens (tertiary/aromatic N) is 4. The average molecular weight is 431 g/mol. The van der Waals surface area contributed by atoms with Crippen LogP contribution >= 0.6 is 0 Å². The van der Waals surface area contributed by atoms with E-state index in [4.69, 9.17) is 4.74 Å². The van der Waals surface area contributed by atoms with E-state index >= 15 is 0 Å². The summed E-state index contributed by atoms with van der Waals surface area (Å²) in [5.41, 5.74) is 4.68. The summed E-state index contributed by atoms with van der Waals surface area (Å²) >= 11 is 0. The van der Waals surface area contributed by atoms with Gasteiger partial charge in [-0.1, -0.05) is 36.4 Å². The quantitative estimate of drug-likeness (QED) is 0.624. The molecule has 2 bridgehead atoms. The molecule has 0 unspecified atom stereocenters. The number of amides is 2. The van der Waals surface area contributed by atoms with Crippen LogP contribution in [0.15, 0.2) is 54.6 Å². The minimum absolute atomic E-state index is 0.0496. The van der Waals surface area contributed by atoms with Crippen LogP contribution in [0.4, 0.5) is 5.69 Å². The number of hydrogen-bond acceptors (Lipinski definition) is 4. The number of aromatic nitrogens is 2. The maximum absolute atomic E-state index is 13.4. The third-order valence-electron chi connectivity index (χ3n) is 6.42. The van der Waals surface area contributed by atoms with Crippen LogP contribution in [0.2, 0.25) is 0 Å². The number of carbonyl (C=O) groups is 2. The third kappa shape index (κ3) is 3.34. The van der Waals surface area contributed by atoms with E-state index in [0.717, 1.165) is 28.2 Å². The van der Waals surface area contributed by atoms with E-state index in [0.29, 0.717) is 18.7 Å². The van der Waals surface area contributed by atoms with E-state index in [1.165, 1.54) is 0 Å². The SMILES string of the molecule is COc1ccc(-c2ccccc2)cc1N1C(=O)[C@@H]2C[C@H]1CN2C(=O)Cn1nc(C)cc1C. The predicted molar refractivity (Wildman–Crippen MR) is 122 cm³/mol. The van der Waals surface area contributed by atoms with Crippen molar-refractivity contribution in [3.63, 3.8) is 0 Å². The smallest absolute Gasteiger partial charge is 0.250 e. The number of anilines is 1. The zero-order valence-corrected chi connectivity index (χ0v) is 18.5. The first-order valence-corrected chi connectivity index (χ1v) is 10.8. The van der Waals surface area contributed by atoms with Gasteiger partial charge in [-0.2, -0.15) is 5.10 Å². The van der Waals surface area contributed by atoms with Crippen LogP contribution in [-0.2, 0) is 16.1 Å². The normalized spacial score (nSPS) is 19.7. The zero-order chi connectivity index (χ0) is 22.4. The van der Waals surface area contributed by atoms with Crippen molar-refractivity contribution in [3.8, 4) is 16.9 Å². The van der Waals surface area contributed by atoms with E-state index in [2.05, 4.69) is 5.10 Å². The lowest BCUT2D eigenvalue weighted by Crippen LogP contribution is -2.53. The van der Waals surface area contributed by atoms with Crippen LogP contribution in [0.5, 0.6) is 5.75 Å². The van der Waals surface area contributed by atoms with Gasteiger partial charge >= 0.3 is 0 Å². The Balaban J connectivity index is 1.40. The molecule has 2 amide bonds.